The first-order valence-electron chi connectivity index (χ1n) is 7.09. The maximum absolute atomic E-state index is 12.6. The third-order valence-corrected chi connectivity index (χ3v) is 3.90. The molecule has 4 nitrogen and oxygen atoms in total. The highest BCUT2D eigenvalue weighted by Gasteiger charge is 2.27. The summed E-state index contributed by atoms with van der Waals surface area (Å²) in [6.07, 6.45) is 4.34. The van der Waals surface area contributed by atoms with Gasteiger partial charge in [0.05, 0.1) is 6.07 Å². The van der Waals surface area contributed by atoms with Crippen molar-refractivity contribution in [2.24, 2.45) is 0 Å². The molecule has 1 aromatic rings. The molecule has 0 aliphatic heterocycles. The number of nitrogens with zero attached hydrogens (tertiary/aromatic N) is 3. The van der Waals surface area contributed by atoms with E-state index in [0.717, 1.165) is 31.4 Å². The summed E-state index contributed by atoms with van der Waals surface area (Å²) in [5.41, 5.74) is 1.73. The fourth-order valence-electron chi connectivity index (χ4n) is 2.73. The van der Waals surface area contributed by atoms with Crippen molar-refractivity contribution in [1.82, 2.24) is 4.90 Å². The molecule has 2 rings (SSSR count). The van der Waals surface area contributed by atoms with E-state index in [-0.39, 0.29) is 18.5 Å². The lowest BCUT2D eigenvalue weighted by Crippen LogP contribution is -2.39. The molecule has 0 spiro atoms. The predicted octanol–water partition coefficient (Wildman–Crippen LogP) is 2.66. The zero-order valence-corrected chi connectivity index (χ0v) is 12.2. The number of carbonyl (C=O) groups excluding carboxylic acids is 1. The average molecular weight is 271 g/mol. The van der Waals surface area contributed by atoms with E-state index in [1.807, 2.05) is 43.3 Å². The molecule has 0 N–H and O–H groups in total. The maximum Gasteiger partial charge on any atom is 0.254 e. The lowest BCUT2D eigenvalue weighted by molar-refractivity contribution is 0.0709. The van der Waals surface area contributed by atoms with Gasteiger partial charge in [0.25, 0.3) is 5.91 Å². The van der Waals surface area contributed by atoms with E-state index in [2.05, 4.69) is 6.07 Å². The van der Waals surface area contributed by atoms with Crippen molar-refractivity contribution in [3.8, 4) is 6.07 Å². The standard InChI is InChI=1S/C16H21N3O/c1-18(2)14-9-7-13(8-10-14)16(20)19(12-11-17)15-5-3-4-6-15/h7-10,15H,3-6,12H2,1-2H3. The van der Waals surface area contributed by atoms with Crippen LogP contribution in [0.2, 0.25) is 0 Å². The molecule has 1 fully saturated rings. The van der Waals surface area contributed by atoms with Crippen molar-refractivity contribution in [2.45, 2.75) is 31.7 Å². The Hall–Kier alpha value is -2.02. The van der Waals surface area contributed by atoms with Crippen LogP contribution in [0, 0.1) is 11.3 Å². The summed E-state index contributed by atoms with van der Waals surface area (Å²) in [7, 11) is 3.94. The van der Waals surface area contributed by atoms with Crippen LogP contribution in [-0.4, -0.2) is 37.5 Å². The first-order valence-corrected chi connectivity index (χ1v) is 7.09. The smallest absolute Gasteiger partial charge is 0.254 e. The summed E-state index contributed by atoms with van der Waals surface area (Å²) in [6, 6.07) is 9.92. The molecule has 0 bridgehead atoms. The van der Waals surface area contributed by atoms with Crippen LogP contribution in [0.3, 0.4) is 0 Å². The van der Waals surface area contributed by atoms with Gasteiger partial charge in [-0.15, -0.1) is 0 Å². The maximum atomic E-state index is 12.6. The van der Waals surface area contributed by atoms with Crippen LogP contribution in [0.5, 0.6) is 0 Å². The summed E-state index contributed by atoms with van der Waals surface area (Å²) >= 11 is 0. The quantitative estimate of drug-likeness (QED) is 0.791. The van der Waals surface area contributed by atoms with Gasteiger partial charge in [-0.25, -0.2) is 0 Å². The van der Waals surface area contributed by atoms with Gasteiger partial charge in [0.15, 0.2) is 0 Å². The Morgan fingerprint density at radius 2 is 1.85 bits per heavy atom. The zero-order chi connectivity index (χ0) is 14.5. The van der Waals surface area contributed by atoms with Gasteiger partial charge in [0, 0.05) is 31.4 Å². The number of anilines is 1. The summed E-state index contributed by atoms with van der Waals surface area (Å²) in [5, 5.41) is 8.96. The monoisotopic (exact) mass is 271 g/mol. The average Bonchev–Trinajstić information content (AvgIpc) is 2.98. The molecule has 0 aromatic heterocycles. The van der Waals surface area contributed by atoms with E-state index >= 15 is 0 Å². The number of carbonyl (C=O) groups is 1. The molecule has 0 unspecified atom stereocenters. The van der Waals surface area contributed by atoms with E-state index < -0.39 is 0 Å². The lowest BCUT2D eigenvalue weighted by atomic mass is 10.1. The summed E-state index contributed by atoms with van der Waals surface area (Å²) in [4.78, 5) is 16.3. The minimum Gasteiger partial charge on any atom is -0.378 e. The molecule has 0 heterocycles. The van der Waals surface area contributed by atoms with Crippen molar-refractivity contribution in [2.75, 3.05) is 25.5 Å². The van der Waals surface area contributed by atoms with Crippen molar-refractivity contribution >= 4 is 11.6 Å². The third-order valence-electron chi connectivity index (χ3n) is 3.90. The van der Waals surface area contributed by atoms with Crippen molar-refractivity contribution in [1.29, 1.82) is 5.26 Å². The molecule has 0 atom stereocenters. The Bertz CT molecular complexity index is 495. The van der Waals surface area contributed by atoms with Crippen LogP contribution in [-0.2, 0) is 0 Å². The zero-order valence-electron chi connectivity index (χ0n) is 12.2. The van der Waals surface area contributed by atoms with E-state index in [0.29, 0.717) is 5.56 Å². The Kier molecular flexibility index (Phi) is 4.62. The molecular formula is C16H21N3O. The Labute approximate surface area is 120 Å². The third kappa shape index (κ3) is 3.11. The van der Waals surface area contributed by atoms with Gasteiger partial charge >= 0.3 is 0 Å². The second-order valence-corrected chi connectivity index (χ2v) is 5.47. The molecule has 4 heteroatoms. The van der Waals surface area contributed by atoms with Gasteiger partial charge in [-0.3, -0.25) is 4.79 Å². The number of nitriles is 1. The molecule has 20 heavy (non-hydrogen) atoms. The van der Waals surface area contributed by atoms with Crippen LogP contribution >= 0.6 is 0 Å². The molecule has 106 valence electrons. The molecule has 1 aromatic carbocycles. The van der Waals surface area contributed by atoms with Gasteiger partial charge in [-0.05, 0) is 37.1 Å². The lowest BCUT2D eigenvalue weighted by Gasteiger charge is -2.26. The Morgan fingerprint density at radius 3 is 2.35 bits per heavy atom. The van der Waals surface area contributed by atoms with E-state index in [1.165, 1.54) is 0 Å². The summed E-state index contributed by atoms with van der Waals surface area (Å²) < 4.78 is 0. The van der Waals surface area contributed by atoms with Gasteiger partial charge in [0.2, 0.25) is 0 Å². The highest BCUT2D eigenvalue weighted by molar-refractivity contribution is 5.95. The van der Waals surface area contributed by atoms with E-state index in [9.17, 15) is 4.79 Å². The number of rotatable bonds is 4. The van der Waals surface area contributed by atoms with Crippen LogP contribution < -0.4 is 4.90 Å². The minimum atomic E-state index is -0.0243. The number of benzene rings is 1. The van der Waals surface area contributed by atoms with Crippen molar-refractivity contribution in [3.05, 3.63) is 29.8 Å². The van der Waals surface area contributed by atoms with E-state index in [4.69, 9.17) is 5.26 Å². The number of hydrogen-bond donors (Lipinski definition) is 0. The SMILES string of the molecule is CN(C)c1ccc(C(=O)N(CC#N)C2CCCC2)cc1. The molecule has 0 radical (unpaired) electrons. The fraction of sp³-hybridized carbons (Fsp3) is 0.500. The highest BCUT2D eigenvalue weighted by Crippen LogP contribution is 2.25. The van der Waals surface area contributed by atoms with Gasteiger partial charge in [-0.1, -0.05) is 12.8 Å². The first-order chi connectivity index (χ1) is 9.63. The van der Waals surface area contributed by atoms with Crippen LogP contribution in [0.4, 0.5) is 5.69 Å². The molecule has 1 aliphatic carbocycles. The van der Waals surface area contributed by atoms with Crippen LogP contribution in [0.15, 0.2) is 24.3 Å². The normalized spacial score (nSPS) is 14.8. The topological polar surface area (TPSA) is 47.3 Å². The van der Waals surface area contributed by atoms with E-state index in [1.54, 1.807) is 4.90 Å². The fourth-order valence-corrected chi connectivity index (χ4v) is 2.73. The largest absolute Gasteiger partial charge is 0.378 e. The predicted molar refractivity (Wildman–Crippen MR) is 79.7 cm³/mol. The summed E-state index contributed by atoms with van der Waals surface area (Å²) in [5.74, 6) is -0.0243. The second kappa shape index (κ2) is 6.42. The van der Waals surface area contributed by atoms with Gasteiger partial charge in [0.1, 0.15) is 6.54 Å². The van der Waals surface area contributed by atoms with Crippen molar-refractivity contribution in [3.63, 3.8) is 0 Å². The second-order valence-electron chi connectivity index (χ2n) is 5.47. The Morgan fingerprint density at radius 1 is 1.25 bits per heavy atom. The molecule has 1 amide bonds. The number of hydrogen-bond acceptors (Lipinski definition) is 3. The van der Waals surface area contributed by atoms with Crippen LogP contribution in [0.1, 0.15) is 36.0 Å². The highest BCUT2D eigenvalue weighted by atomic mass is 16.2. The molecule has 0 saturated heterocycles. The van der Waals surface area contributed by atoms with Gasteiger partial charge in [-0.2, -0.15) is 5.26 Å². The molecule has 1 aliphatic rings. The Balaban J connectivity index is 2.16. The van der Waals surface area contributed by atoms with Gasteiger partial charge < -0.3 is 9.80 Å². The number of amides is 1. The minimum absolute atomic E-state index is 0.0243. The van der Waals surface area contributed by atoms with Crippen LogP contribution in [0.25, 0.3) is 0 Å². The molecule has 1 saturated carbocycles. The summed E-state index contributed by atoms with van der Waals surface area (Å²) in [6.45, 7) is 0.179. The van der Waals surface area contributed by atoms with Crippen molar-refractivity contribution < 1.29 is 4.79 Å². The first kappa shape index (κ1) is 14.4. The molecular weight excluding hydrogens is 250 g/mol.